The van der Waals surface area contributed by atoms with Gasteiger partial charge in [0.05, 0.1) is 11.6 Å². The Balaban J connectivity index is 1.92. The Morgan fingerprint density at radius 3 is 2.56 bits per heavy atom. The molecule has 25 heavy (non-hydrogen) atoms. The van der Waals surface area contributed by atoms with Crippen molar-refractivity contribution in [3.8, 4) is 23.1 Å². The molecule has 2 aromatic carbocycles. The van der Waals surface area contributed by atoms with Crippen molar-refractivity contribution in [2.45, 2.75) is 0 Å². The number of pyridine rings is 1. The van der Waals surface area contributed by atoms with Crippen LogP contribution >= 0.6 is 0 Å². The van der Waals surface area contributed by atoms with Crippen LogP contribution in [0.25, 0.3) is 22.0 Å². The third kappa shape index (κ3) is 3.70. The molecule has 0 aliphatic heterocycles. The van der Waals surface area contributed by atoms with E-state index in [0.717, 1.165) is 17.9 Å². The van der Waals surface area contributed by atoms with Crippen molar-refractivity contribution < 1.29 is 4.74 Å². The Bertz CT molecular complexity index is 982. The number of fused-ring (bicyclic) bond motifs is 1. The van der Waals surface area contributed by atoms with Gasteiger partial charge in [-0.3, -0.25) is 4.79 Å². The van der Waals surface area contributed by atoms with Crippen LogP contribution in [0.3, 0.4) is 0 Å². The van der Waals surface area contributed by atoms with E-state index in [-0.39, 0.29) is 5.56 Å². The maximum Gasteiger partial charge on any atom is 0.256 e. The largest absolute Gasteiger partial charge is 0.492 e. The molecule has 5 nitrogen and oxygen atoms in total. The second-order valence-electron chi connectivity index (χ2n) is 6.07. The highest BCUT2D eigenvalue weighted by Crippen LogP contribution is 2.24. The van der Waals surface area contributed by atoms with Gasteiger partial charge < -0.3 is 14.6 Å². The summed E-state index contributed by atoms with van der Waals surface area (Å²) in [7, 11) is 4.00. The van der Waals surface area contributed by atoms with Crippen LogP contribution in [0.2, 0.25) is 0 Å². The number of nitrogens with zero attached hydrogens (tertiary/aromatic N) is 2. The second-order valence-corrected chi connectivity index (χ2v) is 6.07. The summed E-state index contributed by atoms with van der Waals surface area (Å²) < 4.78 is 5.68. The molecule has 0 bridgehead atoms. The predicted octanol–water partition coefficient (Wildman–Crippen LogP) is 3.01. The van der Waals surface area contributed by atoms with Crippen molar-refractivity contribution in [1.29, 1.82) is 5.26 Å². The molecule has 0 fully saturated rings. The maximum atomic E-state index is 12.3. The number of ether oxygens (including phenoxy) is 1. The molecule has 0 spiro atoms. The van der Waals surface area contributed by atoms with E-state index in [1.54, 1.807) is 18.2 Å². The summed E-state index contributed by atoms with van der Waals surface area (Å²) in [5, 5.41) is 10.4. The Hall–Kier alpha value is -3.10. The van der Waals surface area contributed by atoms with Gasteiger partial charge in [-0.25, -0.2) is 0 Å². The lowest BCUT2D eigenvalue weighted by Gasteiger charge is -2.11. The van der Waals surface area contributed by atoms with E-state index in [4.69, 9.17) is 4.74 Å². The first-order chi connectivity index (χ1) is 12.1. The number of benzene rings is 2. The second kappa shape index (κ2) is 7.20. The summed E-state index contributed by atoms with van der Waals surface area (Å²) in [5.41, 5.74) is 1.84. The van der Waals surface area contributed by atoms with Crippen LogP contribution < -0.4 is 10.3 Å². The van der Waals surface area contributed by atoms with Gasteiger partial charge >= 0.3 is 0 Å². The van der Waals surface area contributed by atoms with E-state index in [9.17, 15) is 10.1 Å². The van der Waals surface area contributed by atoms with Crippen molar-refractivity contribution in [3.63, 3.8) is 0 Å². The standard InChI is InChI=1S/C20H19N3O2/c1-23(2)10-11-25-16-8-6-14(7-9-16)19-12-18-15(13-21)4-3-5-17(18)20(24)22-19/h3-9,12H,10-11H2,1-2H3,(H,22,24). The van der Waals surface area contributed by atoms with Crippen molar-refractivity contribution in [3.05, 3.63) is 64.4 Å². The number of H-pyrrole nitrogens is 1. The van der Waals surface area contributed by atoms with Crippen molar-refractivity contribution in [2.75, 3.05) is 27.2 Å². The lowest BCUT2D eigenvalue weighted by atomic mass is 10.0. The normalized spacial score (nSPS) is 10.8. The summed E-state index contributed by atoms with van der Waals surface area (Å²) in [6.45, 7) is 1.46. The minimum atomic E-state index is -0.198. The first-order valence-corrected chi connectivity index (χ1v) is 8.02. The van der Waals surface area contributed by atoms with Crippen LogP contribution in [0.5, 0.6) is 5.75 Å². The van der Waals surface area contributed by atoms with Gasteiger partial charge in [0.2, 0.25) is 0 Å². The zero-order valence-corrected chi connectivity index (χ0v) is 14.2. The van der Waals surface area contributed by atoms with E-state index in [1.807, 2.05) is 44.4 Å². The topological polar surface area (TPSA) is 69.1 Å². The van der Waals surface area contributed by atoms with Gasteiger partial charge in [-0.2, -0.15) is 5.26 Å². The van der Waals surface area contributed by atoms with Crippen LogP contribution in [0.1, 0.15) is 5.56 Å². The molecule has 0 unspecified atom stereocenters. The number of aromatic nitrogens is 1. The van der Waals surface area contributed by atoms with Gasteiger partial charge in [0.15, 0.2) is 0 Å². The highest BCUT2D eigenvalue weighted by molar-refractivity contribution is 5.89. The monoisotopic (exact) mass is 333 g/mol. The Morgan fingerprint density at radius 2 is 1.88 bits per heavy atom. The fourth-order valence-electron chi connectivity index (χ4n) is 2.62. The molecule has 0 aliphatic carbocycles. The number of nitrogens with one attached hydrogen (secondary N) is 1. The van der Waals surface area contributed by atoms with Gasteiger partial charge in [-0.05, 0) is 62.1 Å². The first kappa shape index (κ1) is 16.7. The number of likely N-dealkylation sites (N-methyl/N-ethyl adjacent to an activating group) is 1. The molecular weight excluding hydrogens is 314 g/mol. The number of hydrogen-bond donors (Lipinski definition) is 1. The van der Waals surface area contributed by atoms with Crippen LogP contribution in [0.4, 0.5) is 0 Å². The van der Waals surface area contributed by atoms with E-state index in [1.165, 1.54) is 0 Å². The molecule has 0 saturated carbocycles. The predicted molar refractivity (Wildman–Crippen MR) is 98.8 cm³/mol. The van der Waals surface area contributed by atoms with E-state index in [2.05, 4.69) is 16.0 Å². The minimum Gasteiger partial charge on any atom is -0.492 e. The molecule has 0 aliphatic rings. The van der Waals surface area contributed by atoms with Crippen molar-refractivity contribution in [2.24, 2.45) is 0 Å². The SMILES string of the molecule is CN(C)CCOc1ccc(-c2cc3c(C#N)cccc3c(=O)[nH]2)cc1. The summed E-state index contributed by atoms with van der Waals surface area (Å²) in [4.78, 5) is 17.3. The van der Waals surface area contributed by atoms with Crippen LogP contribution in [0.15, 0.2) is 53.3 Å². The zero-order chi connectivity index (χ0) is 17.8. The molecule has 0 saturated heterocycles. The maximum absolute atomic E-state index is 12.3. The Labute approximate surface area is 146 Å². The van der Waals surface area contributed by atoms with Crippen LogP contribution in [-0.2, 0) is 0 Å². The van der Waals surface area contributed by atoms with Crippen LogP contribution in [0, 0.1) is 11.3 Å². The fraction of sp³-hybridized carbons (Fsp3) is 0.200. The molecule has 0 amide bonds. The number of aromatic amines is 1. The Kier molecular flexibility index (Phi) is 4.82. The highest BCUT2D eigenvalue weighted by atomic mass is 16.5. The van der Waals surface area contributed by atoms with E-state index in [0.29, 0.717) is 28.6 Å². The van der Waals surface area contributed by atoms with Gasteiger partial charge in [0.25, 0.3) is 5.56 Å². The average Bonchev–Trinajstić information content (AvgIpc) is 2.61. The summed E-state index contributed by atoms with van der Waals surface area (Å²) in [6.07, 6.45) is 0. The Morgan fingerprint density at radius 1 is 1.12 bits per heavy atom. The lowest BCUT2D eigenvalue weighted by molar-refractivity contribution is 0.261. The highest BCUT2D eigenvalue weighted by Gasteiger charge is 2.08. The van der Waals surface area contributed by atoms with Gasteiger partial charge in [-0.1, -0.05) is 6.07 Å². The van der Waals surface area contributed by atoms with E-state index < -0.39 is 0 Å². The molecular formula is C20H19N3O2. The quantitative estimate of drug-likeness (QED) is 0.779. The van der Waals surface area contributed by atoms with Gasteiger partial charge in [0.1, 0.15) is 12.4 Å². The summed E-state index contributed by atoms with van der Waals surface area (Å²) in [6, 6.07) is 16.7. The third-order valence-corrected chi connectivity index (χ3v) is 3.98. The number of hydrogen-bond acceptors (Lipinski definition) is 4. The van der Waals surface area contributed by atoms with Gasteiger partial charge in [-0.15, -0.1) is 0 Å². The molecule has 3 aromatic rings. The minimum absolute atomic E-state index is 0.198. The molecule has 1 aromatic heterocycles. The summed E-state index contributed by atoms with van der Waals surface area (Å²) in [5.74, 6) is 0.784. The smallest absolute Gasteiger partial charge is 0.256 e. The molecule has 5 heteroatoms. The molecule has 0 radical (unpaired) electrons. The van der Waals surface area contributed by atoms with Crippen molar-refractivity contribution in [1.82, 2.24) is 9.88 Å². The van der Waals surface area contributed by atoms with Crippen LogP contribution in [-0.4, -0.2) is 37.1 Å². The molecule has 1 N–H and O–H groups in total. The summed E-state index contributed by atoms with van der Waals surface area (Å²) >= 11 is 0. The third-order valence-electron chi connectivity index (χ3n) is 3.98. The molecule has 3 rings (SSSR count). The van der Waals surface area contributed by atoms with Gasteiger partial charge in [0, 0.05) is 23.0 Å². The van der Waals surface area contributed by atoms with Crippen molar-refractivity contribution >= 4 is 10.8 Å². The molecule has 1 heterocycles. The number of nitriles is 1. The molecule has 126 valence electrons. The zero-order valence-electron chi connectivity index (χ0n) is 14.2. The average molecular weight is 333 g/mol. The fourth-order valence-corrected chi connectivity index (χ4v) is 2.62. The lowest BCUT2D eigenvalue weighted by Crippen LogP contribution is -2.19. The number of rotatable bonds is 5. The van der Waals surface area contributed by atoms with E-state index >= 15 is 0 Å². The first-order valence-electron chi connectivity index (χ1n) is 8.02. The molecule has 0 atom stereocenters.